The van der Waals surface area contributed by atoms with Crippen LogP contribution in [0.2, 0.25) is 0 Å². The Morgan fingerprint density at radius 3 is 2.47 bits per heavy atom. The lowest BCUT2D eigenvalue weighted by Gasteiger charge is -2.11. The highest BCUT2D eigenvalue weighted by molar-refractivity contribution is 5.46. The van der Waals surface area contributed by atoms with Crippen LogP contribution in [0.25, 0.3) is 0 Å². The molecule has 0 amide bonds. The van der Waals surface area contributed by atoms with Gasteiger partial charge in [-0.3, -0.25) is 0 Å². The molecule has 104 valence electrons. The Morgan fingerprint density at radius 2 is 1.95 bits per heavy atom. The van der Waals surface area contributed by atoms with E-state index in [1.807, 2.05) is 13.8 Å². The minimum absolute atomic E-state index is 0.389. The zero-order chi connectivity index (χ0) is 14.3. The SMILES string of the molecule is CCc1nnc(OCCCC(C)C)c(C#N)c1CC. The molecule has 0 unspecified atom stereocenters. The quantitative estimate of drug-likeness (QED) is 0.707. The summed E-state index contributed by atoms with van der Waals surface area (Å²) >= 11 is 0. The van der Waals surface area contributed by atoms with Crippen LogP contribution in [0.5, 0.6) is 5.88 Å². The van der Waals surface area contributed by atoms with Crippen molar-refractivity contribution < 1.29 is 4.74 Å². The topological polar surface area (TPSA) is 58.8 Å². The number of nitrogens with zero attached hydrogens (tertiary/aromatic N) is 3. The second-order valence-corrected chi connectivity index (χ2v) is 5.01. The minimum atomic E-state index is 0.389. The molecule has 0 atom stereocenters. The molecule has 0 radical (unpaired) electrons. The van der Waals surface area contributed by atoms with E-state index in [4.69, 9.17) is 4.74 Å². The highest BCUT2D eigenvalue weighted by Gasteiger charge is 2.15. The van der Waals surface area contributed by atoms with Crippen LogP contribution in [0.3, 0.4) is 0 Å². The Hall–Kier alpha value is -1.63. The maximum Gasteiger partial charge on any atom is 0.251 e. The van der Waals surface area contributed by atoms with Crippen LogP contribution in [-0.2, 0) is 12.8 Å². The summed E-state index contributed by atoms with van der Waals surface area (Å²) in [5.74, 6) is 1.05. The molecule has 1 rings (SSSR count). The van der Waals surface area contributed by atoms with E-state index >= 15 is 0 Å². The van der Waals surface area contributed by atoms with Crippen molar-refractivity contribution in [3.63, 3.8) is 0 Å². The van der Waals surface area contributed by atoms with Gasteiger partial charge in [-0.1, -0.05) is 27.7 Å². The van der Waals surface area contributed by atoms with Crippen molar-refractivity contribution in [1.82, 2.24) is 10.2 Å². The summed E-state index contributed by atoms with van der Waals surface area (Å²) in [6, 6.07) is 2.21. The van der Waals surface area contributed by atoms with E-state index in [0.717, 1.165) is 36.9 Å². The molecule has 4 heteroatoms. The van der Waals surface area contributed by atoms with E-state index in [2.05, 4.69) is 30.1 Å². The number of ether oxygens (including phenoxy) is 1. The molecule has 0 fully saturated rings. The van der Waals surface area contributed by atoms with Gasteiger partial charge in [-0.05, 0) is 37.2 Å². The van der Waals surface area contributed by atoms with Gasteiger partial charge in [-0.25, -0.2) is 0 Å². The van der Waals surface area contributed by atoms with E-state index in [-0.39, 0.29) is 0 Å². The molecular formula is C15H23N3O. The average molecular weight is 261 g/mol. The first kappa shape index (κ1) is 15.4. The van der Waals surface area contributed by atoms with Crippen molar-refractivity contribution in [2.24, 2.45) is 5.92 Å². The number of hydrogen-bond acceptors (Lipinski definition) is 4. The second-order valence-electron chi connectivity index (χ2n) is 5.01. The maximum atomic E-state index is 9.30. The van der Waals surface area contributed by atoms with Gasteiger partial charge in [-0.2, -0.15) is 10.4 Å². The standard InChI is InChI=1S/C15H23N3O/c1-5-12-13(10-16)15(18-17-14(12)6-2)19-9-7-8-11(3)4/h11H,5-9H2,1-4H3. The van der Waals surface area contributed by atoms with Gasteiger partial charge >= 0.3 is 0 Å². The molecule has 0 spiro atoms. The average Bonchev–Trinajstić information content (AvgIpc) is 2.42. The Balaban J connectivity index is 2.81. The summed E-state index contributed by atoms with van der Waals surface area (Å²) < 4.78 is 5.62. The van der Waals surface area contributed by atoms with E-state index in [1.54, 1.807) is 0 Å². The minimum Gasteiger partial charge on any atom is -0.476 e. The fourth-order valence-electron chi connectivity index (χ4n) is 2.03. The van der Waals surface area contributed by atoms with Crippen molar-refractivity contribution in [1.29, 1.82) is 5.26 Å². The third kappa shape index (κ3) is 4.20. The zero-order valence-electron chi connectivity index (χ0n) is 12.4. The van der Waals surface area contributed by atoms with Crippen molar-refractivity contribution in [2.45, 2.75) is 53.4 Å². The van der Waals surface area contributed by atoms with E-state index < -0.39 is 0 Å². The number of aromatic nitrogens is 2. The summed E-state index contributed by atoms with van der Waals surface area (Å²) in [7, 11) is 0. The first-order valence-electron chi connectivity index (χ1n) is 7.05. The molecule has 0 aromatic carbocycles. The predicted molar refractivity (Wildman–Crippen MR) is 75.1 cm³/mol. The fraction of sp³-hybridized carbons (Fsp3) is 0.667. The van der Waals surface area contributed by atoms with Gasteiger partial charge in [0, 0.05) is 0 Å². The highest BCUT2D eigenvalue weighted by atomic mass is 16.5. The van der Waals surface area contributed by atoms with Crippen LogP contribution in [0, 0.1) is 17.2 Å². The Bertz CT molecular complexity index is 449. The molecule has 1 heterocycles. The Kier molecular flexibility index (Phi) is 6.27. The van der Waals surface area contributed by atoms with Crippen molar-refractivity contribution in [2.75, 3.05) is 6.61 Å². The Labute approximate surface area is 115 Å². The van der Waals surface area contributed by atoms with E-state index in [9.17, 15) is 5.26 Å². The van der Waals surface area contributed by atoms with Crippen LogP contribution < -0.4 is 4.74 Å². The highest BCUT2D eigenvalue weighted by Crippen LogP contribution is 2.22. The first-order valence-corrected chi connectivity index (χ1v) is 7.05. The van der Waals surface area contributed by atoms with Crippen molar-refractivity contribution in [3.05, 3.63) is 16.8 Å². The number of nitriles is 1. The summed E-state index contributed by atoms with van der Waals surface area (Å²) in [6.45, 7) is 9.01. The van der Waals surface area contributed by atoms with Gasteiger partial charge in [0.05, 0.1) is 12.3 Å². The van der Waals surface area contributed by atoms with Gasteiger partial charge < -0.3 is 4.74 Å². The predicted octanol–water partition coefficient (Wildman–Crippen LogP) is 3.29. The monoisotopic (exact) mass is 261 g/mol. The lowest BCUT2D eigenvalue weighted by molar-refractivity contribution is 0.282. The largest absolute Gasteiger partial charge is 0.476 e. The zero-order valence-corrected chi connectivity index (χ0v) is 12.4. The fourth-order valence-corrected chi connectivity index (χ4v) is 2.03. The summed E-state index contributed by atoms with van der Waals surface area (Å²) in [4.78, 5) is 0. The van der Waals surface area contributed by atoms with Gasteiger partial charge in [0.2, 0.25) is 0 Å². The molecule has 1 aromatic heterocycles. The normalized spacial score (nSPS) is 10.5. The number of aryl methyl sites for hydroxylation is 1. The molecule has 0 bridgehead atoms. The van der Waals surface area contributed by atoms with Gasteiger partial charge in [0.25, 0.3) is 5.88 Å². The molecule has 0 N–H and O–H groups in total. The van der Waals surface area contributed by atoms with Gasteiger partial charge in [0.1, 0.15) is 11.6 Å². The first-order chi connectivity index (χ1) is 9.13. The molecule has 4 nitrogen and oxygen atoms in total. The molecule has 0 aliphatic carbocycles. The van der Waals surface area contributed by atoms with Crippen LogP contribution in [0.4, 0.5) is 0 Å². The van der Waals surface area contributed by atoms with E-state index in [1.165, 1.54) is 0 Å². The van der Waals surface area contributed by atoms with Gasteiger partial charge in [0.15, 0.2) is 0 Å². The molecule has 0 saturated heterocycles. The maximum absolute atomic E-state index is 9.30. The smallest absolute Gasteiger partial charge is 0.251 e. The second kappa shape index (κ2) is 7.73. The van der Waals surface area contributed by atoms with Crippen LogP contribution in [-0.4, -0.2) is 16.8 Å². The molecule has 1 aromatic rings. The van der Waals surface area contributed by atoms with E-state index in [0.29, 0.717) is 24.0 Å². The molecule has 19 heavy (non-hydrogen) atoms. The molecule has 0 aliphatic heterocycles. The summed E-state index contributed by atoms with van der Waals surface area (Å²) in [6.07, 6.45) is 3.66. The van der Waals surface area contributed by atoms with Gasteiger partial charge in [-0.15, -0.1) is 5.10 Å². The third-order valence-corrected chi connectivity index (χ3v) is 3.09. The molecule has 0 saturated carbocycles. The van der Waals surface area contributed by atoms with Crippen LogP contribution in [0.15, 0.2) is 0 Å². The number of rotatable bonds is 7. The van der Waals surface area contributed by atoms with Crippen LogP contribution >= 0.6 is 0 Å². The number of hydrogen-bond donors (Lipinski definition) is 0. The molecular weight excluding hydrogens is 238 g/mol. The van der Waals surface area contributed by atoms with Crippen molar-refractivity contribution >= 4 is 0 Å². The Morgan fingerprint density at radius 1 is 1.21 bits per heavy atom. The third-order valence-electron chi connectivity index (χ3n) is 3.09. The molecule has 0 aliphatic rings. The lowest BCUT2D eigenvalue weighted by Crippen LogP contribution is -2.08. The summed E-state index contributed by atoms with van der Waals surface area (Å²) in [5, 5.41) is 17.5. The van der Waals surface area contributed by atoms with Crippen molar-refractivity contribution in [3.8, 4) is 11.9 Å². The van der Waals surface area contributed by atoms with Crippen LogP contribution in [0.1, 0.15) is 57.4 Å². The lowest BCUT2D eigenvalue weighted by atomic mass is 10.0. The summed E-state index contributed by atoms with van der Waals surface area (Å²) in [5.41, 5.74) is 2.42.